The molecule has 0 fully saturated rings. The molecule has 8 heteroatoms. The second-order valence-electron chi connectivity index (χ2n) is 9.10. The smallest absolute Gasteiger partial charge is 0.242 e. The van der Waals surface area contributed by atoms with Gasteiger partial charge in [0.05, 0.1) is 11.9 Å². The zero-order valence-electron chi connectivity index (χ0n) is 21.6. The van der Waals surface area contributed by atoms with Crippen molar-refractivity contribution >= 4 is 27.5 Å². The lowest BCUT2D eigenvalue weighted by Gasteiger charge is -2.31. The highest BCUT2D eigenvalue weighted by Crippen LogP contribution is 2.20. The van der Waals surface area contributed by atoms with E-state index in [0.717, 1.165) is 22.9 Å². The molecule has 3 rings (SSSR count). The number of para-hydroxylation sites is 1. The highest BCUT2D eigenvalue weighted by molar-refractivity contribution is 7.92. The van der Waals surface area contributed by atoms with Crippen LogP contribution < -0.4 is 9.62 Å². The van der Waals surface area contributed by atoms with Crippen molar-refractivity contribution in [2.75, 3.05) is 24.2 Å². The molecule has 0 aliphatic carbocycles. The van der Waals surface area contributed by atoms with Crippen molar-refractivity contribution in [2.45, 2.75) is 38.8 Å². The first-order chi connectivity index (χ1) is 17.7. The van der Waals surface area contributed by atoms with E-state index in [1.807, 2.05) is 67.6 Å². The number of hydrogen-bond donors (Lipinski definition) is 1. The number of benzene rings is 3. The van der Waals surface area contributed by atoms with Gasteiger partial charge < -0.3 is 10.2 Å². The minimum atomic E-state index is -3.52. The van der Waals surface area contributed by atoms with Gasteiger partial charge in [-0.15, -0.1) is 0 Å². The van der Waals surface area contributed by atoms with Crippen LogP contribution in [0.2, 0.25) is 0 Å². The summed E-state index contributed by atoms with van der Waals surface area (Å²) >= 11 is 0. The maximum atomic E-state index is 13.6. The Bertz CT molecular complexity index is 1260. The van der Waals surface area contributed by atoms with Crippen LogP contribution in [0, 0.1) is 6.92 Å². The molecule has 0 aliphatic heterocycles. The Morgan fingerprint density at radius 2 is 1.46 bits per heavy atom. The number of sulfonamides is 1. The minimum absolute atomic E-state index is 0.104. The third-order valence-corrected chi connectivity index (χ3v) is 7.38. The number of anilines is 1. The summed E-state index contributed by atoms with van der Waals surface area (Å²) in [6.07, 6.45) is 1.95. The van der Waals surface area contributed by atoms with Gasteiger partial charge in [0.25, 0.3) is 0 Å². The molecular weight excluding hydrogens is 486 g/mol. The van der Waals surface area contributed by atoms with E-state index in [0.29, 0.717) is 18.5 Å². The monoisotopic (exact) mass is 521 g/mol. The molecule has 37 heavy (non-hydrogen) atoms. The van der Waals surface area contributed by atoms with Crippen LogP contribution in [0.15, 0.2) is 84.9 Å². The van der Waals surface area contributed by atoms with Gasteiger partial charge in [0.1, 0.15) is 6.04 Å². The zero-order chi connectivity index (χ0) is 26.8. The van der Waals surface area contributed by atoms with Crippen molar-refractivity contribution in [1.82, 2.24) is 10.2 Å². The van der Waals surface area contributed by atoms with Crippen LogP contribution in [0.1, 0.15) is 29.5 Å². The summed E-state index contributed by atoms with van der Waals surface area (Å²) in [6.45, 7) is 2.44. The predicted octanol–water partition coefficient (Wildman–Crippen LogP) is 3.93. The minimum Gasteiger partial charge on any atom is -0.357 e. The van der Waals surface area contributed by atoms with E-state index >= 15 is 0 Å². The van der Waals surface area contributed by atoms with Gasteiger partial charge in [-0.05, 0) is 36.6 Å². The van der Waals surface area contributed by atoms with Crippen LogP contribution in [0.3, 0.4) is 0 Å². The maximum Gasteiger partial charge on any atom is 0.242 e. The number of amides is 2. The van der Waals surface area contributed by atoms with Gasteiger partial charge in [-0.1, -0.05) is 78.4 Å². The summed E-state index contributed by atoms with van der Waals surface area (Å²) < 4.78 is 26.2. The molecule has 196 valence electrons. The maximum absolute atomic E-state index is 13.6. The quantitative estimate of drug-likeness (QED) is 0.391. The largest absolute Gasteiger partial charge is 0.357 e. The lowest BCUT2D eigenvalue weighted by Crippen LogP contribution is -2.49. The average Bonchev–Trinajstić information content (AvgIpc) is 2.89. The molecule has 0 aliphatic rings. The summed E-state index contributed by atoms with van der Waals surface area (Å²) in [6, 6.07) is 25.6. The number of nitrogens with zero attached hydrogens (tertiary/aromatic N) is 2. The van der Waals surface area contributed by atoms with E-state index in [9.17, 15) is 18.0 Å². The topological polar surface area (TPSA) is 86.8 Å². The summed E-state index contributed by atoms with van der Waals surface area (Å²) in [5.41, 5.74) is 3.53. The fraction of sp³-hybridized carbons (Fsp3) is 0.310. The van der Waals surface area contributed by atoms with Crippen LogP contribution in [0.4, 0.5) is 5.69 Å². The third kappa shape index (κ3) is 8.18. The van der Waals surface area contributed by atoms with Gasteiger partial charge >= 0.3 is 0 Å². The first kappa shape index (κ1) is 27.9. The molecule has 1 atom stereocenters. The Hall–Kier alpha value is -3.65. The SMILES string of the molecule is CNC(=O)C(Cc1ccccc1)N(Cc1ccc(C)cc1)C(=O)CCCN(c1ccccc1)S(C)(=O)=O. The predicted molar refractivity (Wildman–Crippen MR) is 148 cm³/mol. The van der Waals surface area contributed by atoms with Crippen molar-refractivity contribution in [3.8, 4) is 0 Å². The number of rotatable bonds is 12. The van der Waals surface area contributed by atoms with Crippen molar-refractivity contribution in [2.24, 2.45) is 0 Å². The van der Waals surface area contributed by atoms with Gasteiger partial charge in [0, 0.05) is 33.0 Å². The molecule has 0 saturated heterocycles. The van der Waals surface area contributed by atoms with Crippen molar-refractivity contribution < 1.29 is 18.0 Å². The Balaban J connectivity index is 1.83. The highest BCUT2D eigenvalue weighted by Gasteiger charge is 2.30. The number of aryl methyl sites for hydroxylation is 1. The standard InChI is InChI=1S/C29H35N3O4S/c1-23-16-18-25(19-17-23)22-31(27(29(34)30-2)21-24-11-6-4-7-12-24)28(33)15-10-20-32(37(3,35)36)26-13-8-5-9-14-26/h4-9,11-14,16-19,27H,10,15,20-22H2,1-3H3,(H,30,34). The summed E-state index contributed by atoms with van der Waals surface area (Å²) in [5.74, 6) is -0.446. The first-order valence-electron chi connectivity index (χ1n) is 12.3. The fourth-order valence-electron chi connectivity index (χ4n) is 4.21. The third-order valence-electron chi connectivity index (χ3n) is 6.19. The molecule has 0 bridgehead atoms. The number of nitrogens with one attached hydrogen (secondary N) is 1. The van der Waals surface area contributed by atoms with E-state index in [-0.39, 0.29) is 31.3 Å². The Morgan fingerprint density at radius 3 is 2.03 bits per heavy atom. The number of carbonyl (C=O) groups excluding carboxylic acids is 2. The summed E-state index contributed by atoms with van der Waals surface area (Å²) in [7, 11) is -1.95. The molecule has 3 aromatic carbocycles. The molecule has 0 aromatic heterocycles. The van der Waals surface area contributed by atoms with Gasteiger partial charge in [-0.25, -0.2) is 8.42 Å². The average molecular weight is 522 g/mol. The van der Waals surface area contributed by atoms with Crippen molar-refractivity contribution in [3.05, 3.63) is 102 Å². The van der Waals surface area contributed by atoms with Crippen LogP contribution in [0.5, 0.6) is 0 Å². The molecule has 0 spiro atoms. The summed E-state index contributed by atoms with van der Waals surface area (Å²) in [4.78, 5) is 28.2. The molecular formula is C29H35N3O4S. The van der Waals surface area contributed by atoms with E-state index in [4.69, 9.17) is 0 Å². The van der Waals surface area contributed by atoms with E-state index < -0.39 is 16.1 Å². The van der Waals surface area contributed by atoms with E-state index in [1.165, 1.54) is 4.31 Å². The van der Waals surface area contributed by atoms with Gasteiger partial charge in [0.2, 0.25) is 21.8 Å². The normalized spacial score (nSPS) is 12.0. The Kier molecular flexibility index (Phi) is 9.85. The number of carbonyl (C=O) groups is 2. The van der Waals surface area contributed by atoms with E-state index in [1.54, 1.807) is 36.2 Å². The van der Waals surface area contributed by atoms with Gasteiger partial charge in [0.15, 0.2) is 0 Å². The zero-order valence-corrected chi connectivity index (χ0v) is 22.4. The number of hydrogen-bond acceptors (Lipinski definition) is 4. The lowest BCUT2D eigenvalue weighted by molar-refractivity contribution is -0.141. The summed E-state index contributed by atoms with van der Waals surface area (Å²) in [5, 5.41) is 2.71. The highest BCUT2D eigenvalue weighted by atomic mass is 32.2. The second-order valence-corrected chi connectivity index (χ2v) is 11.0. The lowest BCUT2D eigenvalue weighted by atomic mass is 10.0. The molecule has 1 unspecified atom stereocenters. The van der Waals surface area contributed by atoms with Crippen LogP contribution in [-0.2, 0) is 32.6 Å². The van der Waals surface area contributed by atoms with Crippen LogP contribution >= 0.6 is 0 Å². The Morgan fingerprint density at radius 1 is 0.865 bits per heavy atom. The first-order valence-corrected chi connectivity index (χ1v) is 14.2. The Labute approximate surface area is 220 Å². The molecule has 3 aromatic rings. The molecule has 0 heterocycles. The van der Waals surface area contributed by atoms with Crippen molar-refractivity contribution in [1.29, 1.82) is 0 Å². The van der Waals surface area contributed by atoms with E-state index in [2.05, 4.69) is 5.32 Å². The van der Waals surface area contributed by atoms with Gasteiger partial charge in [-0.2, -0.15) is 0 Å². The van der Waals surface area contributed by atoms with Crippen LogP contribution in [0.25, 0.3) is 0 Å². The van der Waals surface area contributed by atoms with Crippen molar-refractivity contribution in [3.63, 3.8) is 0 Å². The second kappa shape index (κ2) is 13.1. The number of likely N-dealkylation sites (N-methyl/N-ethyl adjacent to an activating group) is 1. The molecule has 7 nitrogen and oxygen atoms in total. The molecule has 1 N–H and O–H groups in total. The molecule has 0 radical (unpaired) electrons. The molecule has 2 amide bonds. The fourth-order valence-corrected chi connectivity index (χ4v) is 5.17. The van der Waals surface area contributed by atoms with Crippen LogP contribution in [-0.4, -0.2) is 51.0 Å². The molecule has 0 saturated carbocycles. The van der Waals surface area contributed by atoms with Gasteiger partial charge in [-0.3, -0.25) is 13.9 Å².